The fourth-order valence-electron chi connectivity index (χ4n) is 10.0. The average molecular weight is 684 g/mol. The zero-order valence-electron chi connectivity index (χ0n) is 28.4. The van der Waals surface area contributed by atoms with Gasteiger partial charge in [-0.2, -0.15) is 0 Å². The van der Waals surface area contributed by atoms with Crippen molar-refractivity contribution in [2.75, 3.05) is 18.1 Å². The first-order valence-electron chi connectivity index (χ1n) is 18.0. The molecular formula is C42H41N3O4S. The molecule has 0 radical (unpaired) electrons. The van der Waals surface area contributed by atoms with Gasteiger partial charge in [-0.05, 0) is 122 Å². The van der Waals surface area contributed by atoms with Gasteiger partial charge in [0.05, 0.1) is 23.2 Å². The summed E-state index contributed by atoms with van der Waals surface area (Å²) >= 11 is 1.56. The average Bonchev–Trinajstić information content (AvgIpc) is 3.52. The highest BCUT2D eigenvalue weighted by molar-refractivity contribution is 7.18. The lowest BCUT2D eigenvalue weighted by Gasteiger charge is -2.56. The van der Waals surface area contributed by atoms with E-state index in [4.69, 9.17) is 9.72 Å². The number of rotatable bonds is 9. The third-order valence-electron chi connectivity index (χ3n) is 11.9. The minimum atomic E-state index is -1.06. The highest BCUT2D eigenvalue weighted by Gasteiger charge is 2.51. The predicted octanol–water partition coefficient (Wildman–Crippen LogP) is 8.95. The second kappa shape index (κ2) is 12.3. The van der Waals surface area contributed by atoms with Gasteiger partial charge in [-0.1, -0.05) is 42.5 Å². The number of aromatic carboxylic acids is 1. The Morgan fingerprint density at radius 1 is 0.900 bits per heavy atom. The Balaban J connectivity index is 0.956. The first kappa shape index (κ1) is 31.4. The lowest BCUT2D eigenvalue weighted by atomic mass is 9.50. The van der Waals surface area contributed by atoms with Crippen molar-refractivity contribution in [3.8, 4) is 16.9 Å². The van der Waals surface area contributed by atoms with Crippen LogP contribution in [-0.4, -0.2) is 40.0 Å². The Kier molecular flexibility index (Phi) is 7.75. The molecule has 0 spiro atoms. The normalized spacial score (nSPS) is 23.6. The summed E-state index contributed by atoms with van der Waals surface area (Å²) in [7, 11) is 0. The number of nitrogens with zero attached hydrogens (tertiary/aromatic N) is 3. The Labute approximate surface area is 296 Å². The van der Waals surface area contributed by atoms with E-state index in [9.17, 15) is 14.7 Å². The molecule has 7 nitrogen and oxygen atoms in total. The van der Waals surface area contributed by atoms with Gasteiger partial charge in [0.2, 0.25) is 0 Å². The van der Waals surface area contributed by atoms with Crippen molar-refractivity contribution in [1.29, 1.82) is 0 Å². The molecule has 0 saturated heterocycles. The summed E-state index contributed by atoms with van der Waals surface area (Å²) in [5.41, 5.74) is 6.41. The molecule has 3 heterocycles. The number of pyridine rings is 1. The van der Waals surface area contributed by atoms with Crippen molar-refractivity contribution in [3.63, 3.8) is 0 Å². The van der Waals surface area contributed by atoms with Crippen molar-refractivity contribution in [2.45, 2.75) is 64.8 Å². The molecule has 3 aromatic carbocycles. The van der Waals surface area contributed by atoms with Crippen LogP contribution < -0.4 is 9.64 Å². The molecule has 2 aromatic heterocycles. The fraction of sp³-hybridized carbons (Fsp3) is 0.381. The first-order chi connectivity index (χ1) is 24.3. The number of thiazole rings is 1. The molecule has 4 aliphatic carbocycles. The largest absolute Gasteiger partial charge is 0.493 e. The van der Waals surface area contributed by atoms with E-state index in [1.165, 1.54) is 38.5 Å². The number of ketones is 1. The Hall–Kier alpha value is -4.56. The van der Waals surface area contributed by atoms with E-state index in [0.29, 0.717) is 35.4 Å². The molecule has 0 amide bonds. The van der Waals surface area contributed by atoms with Gasteiger partial charge in [0, 0.05) is 29.6 Å². The smallest absolute Gasteiger partial charge is 0.355 e. The zero-order valence-corrected chi connectivity index (χ0v) is 29.2. The van der Waals surface area contributed by atoms with E-state index in [1.54, 1.807) is 11.3 Å². The maximum absolute atomic E-state index is 13.7. The van der Waals surface area contributed by atoms with Gasteiger partial charge in [-0.15, -0.1) is 11.3 Å². The second-order valence-electron chi connectivity index (χ2n) is 15.3. The van der Waals surface area contributed by atoms with Crippen molar-refractivity contribution >= 4 is 39.1 Å². The minimum Gasteiger partial charge on any atom is -0.493 e. The van der Waals surface area contributed by atoms with Crippen molar-refractivity contribution in [2.24, 2.45) is 23.2 Å². The van der Waals surface area contributed by atoms with Gasteiger partial charge < -0.3 is 14.7 Å². The number of anilines is 1. The molecule has 4 saturated carbocycles. The van der Waals surface area contributed by atoms with E-state index in [1.807, 2.05) is 73.7 Å². The van der Waals surface area contributed by atoms with Crippen LogP contribution in [0.25, 0.3) is 21.3 Å². The van der Waals surface area contributed by atoms with Crippen LogP contribution in [0, 0.1) is 30.1 Å². The van der Waals surface area contributed by atoms with Crippen molar-refractivity contribution < 1.29 is 19.4 Å². The molecule has 4 fully saturated rings. The van der Waals surface area contributed by atoms with Crippen LogP contribution in [0.1, 0.15) is 81.1 Å². The molecule has 0 unspecified atom stereocenters. The highest BCUT2D eigenvalue weighted by atomic mass is 32.1. The summed E-state index contributed by atoms with van der Waals surface area (Å²) in [5.74, 6) is 2.99. The zero-order chi connectivity index (χ0) is 34.0. The third kappa shape index (κ3) is 5.67. The lowest BCUT2D eigenvalue weighted by molar-refractivity contribution is -0.0746. The third-order valence-corrected chi connectivity index (χ3v) is 12.9. The van der Waals surface area contributed by atoms with Crippen molar-refractivity contribution in [3.05, 3.63) is 106 Å². The Morgan fingerprint density at radius 2 is 1.66 bits per heavy atom. The summed E-state index contributed by atoms with van der Waals surface area (Å²) < 4.78 is 7.69. The summed E-state index contributed by atoms with van der Waals surface area (Å²) in [6.07, 6.45) is 9.06. The van der Waals surface area contributed by atoms with Crippen molar-refractivity contribution in [1.82, 2.24) is 9.97 Å². The summed E-state index contributed by atoms with van der Waals surface area (Å²) in [4.78, 5) is 37.9. The monoisotopic (exact) mass is 683 g/mol. The highest BCUT2D eigenvalue weighted by Crippen LogP contribution is 2.60. The van der Waals surface area contributed by atoms with Gasteiger partial charge in [0.15, 0.2) is 11.5 Å². The number of aromatic nitrogens is 2. The topological polar surface area (TPSA) is 92.6 Å². The van der Waals surface area contributed by atoms with E-state index >= 15 is 0 Å². The van der Waals surface area contributed by atoms with Crippen LogP contribution in [-0.2, 0) is 19.4 Å². The lowest BCUT2D eigenvalue weighted by Crippen LogP contribution is -2.48. The molecule has 50 heavy (non-hydrogen) atoms. The molecule has 4 bridgehead atoms. The predicted molar refractivity (Wildman–Crippen MR) is 196 cm³/mol. The number of hydrogen-bond donors (Lipinski definition) is 1. The van der Waals surface area contributed by atoms with Crippen LogP contribution in [0.2, 0.25) is 0 Å². The number of carbonyl (C=O) groups is 2. The number of hydrogen-bond acceptors (Lipinski definition) is 7. The van der Waals surface area contributed by atoms with Gasteiger partial charge in [-0.3, -0.25) is 4.79 Å². The van der Waals surface area contributed by atoms with Crippen LogP contribution in [0.5, 0.6) is 5.75 Å². The van der Waals surface area contributed by atoms with Crippen LogP contribution >= 0.6 is 11.3 Å². The van der Waals surface area contributed by atoms with Crippen LogP contribution in [0.4, 0.5) is 5.82 Å². The van der Waals surface area contributed by atoms with Crippen LogP contribution in [0.15, 0.2) is 72.8 Å². The number of para-hydroxylation sites is 1. The number of Topliss-reactive ketones (excluding diaryl/α,β-unsaturated/α-hetero) is 1. The molecule has 10 rings (SSSR count). The molecule has 0 atom stereocenters. The van der Waals surface area contributed by atoms with E-state index in [-0.39, 0.29) is 17.9 Å². The maximum Gasteiger partial charge on any atom is 0.355 e. The minimum absolute atomic E-state index is 0.0230. The number of carboxylic acid groups (broad SMARTS) is 1. The van der Waals surface area contributed by atoms with Crippen LogP contribution in [0.3, 0.4) is 0 Å². The molecule has 254 valence electrons. The first-order valence-corrected chi connectivity index (χ1v) is 18.8. The van der Waals surface area contributed by atoms with Gasteiger partial charge in [0.1, 0.15) is 16.6 Å². The molecule has 8 heteroatoms. The number of ether oxygens (including phenoxy) is 1. The van der Waals surface area contributed by atoms with E-state index in [2.05, 4.69) is 16.0 Å². The van der Waals surface area contributed by atoms with E-state index in [0.717, 1.165) is 74.0 Å². The maximum atomic E-state index is 13.7. The SMILES string of the molecule is Cc1c(OCC23CC4CC(CC(C4)C2)C3)cccc1-c1ccc(N2CCc3cccc(C(=O)Cc4nc5ccccc5s4)c3C2)nc1C(=O)O. The Morgan fingerprint density at radius 3 is 2.42 bits per heavy atom. The van der Waals surface area contributed by atoms with Gasteiger partial charge in [0.25, 0.3) is 0 Å². The molecule has 5 aromatic rings. The number of carbonyl (C=O) groups excluding carboxylic acids is 1. The second-order valence-corrected chi connectivity index (χ2v) is 16.4. The van der Waals surface area contributed by atoms with E-state index < -0.39 is 5.97 Å². The molecular weight excluding hydrogens is 643 g/mol. The quantitative estimate of drug-likeness (QED) is 0.155. The summed E-state index contributed by atoms with van der Waals surface area (Å²) in [6.45, 7) is 3.93. The summed E-state index contributed by atoms with van der Waals surface area (Å²) in [5, 5.41) is 11.2. The molecule has 1 N–H and O–H groups in total. The Bertz CT molecular complexity index is 2090. The molecule has 5 aliphatic rings. The number of carboxylic acids is 1. The van der Waals surface area contributed by atoms with Gasteiger partial charge >= 0.3 is 5.97 Å². The standard InChI is InChI=1S/C42H41N3O4S/c1-25-30(7-5-10-36(25)49-24-42-20-26-16-27(21-42)18-28(17-26)22-42)32-12-13-38(44-40(32)41(47)48)45-15-14-29-6-4-8-31(33(29)23-45)35(46)19-39-43-34-9-2-3-11-37(34)50-39/h2-13,26-28H,14-24H2,1H3,(H,47,48). The summed E-state index contributed by atoms with van der Waals surface area (Å²) in [6, 6.07) is 23.6. The number of fused-ring (bicyclic) bond motifs is 2. The molecule has 1 aliphatic heterocycles. The van der Waals surface area contributed by atoms with Gasteiger partial charge in [-0.25, -0.2) is 14.8 Å². The fourth-order valence-corrected chi connectivity index (χ4v) is 11.0. The number of benzene rings is 3.